The minimum atomic E-state index is -3.10. The van der Waals surface area contributed by atoms with Crippen LogP contribution in [0.3, 0.4) is 0 Å². The third-order valence-electron chi connectivity index (χ3n) is 3.39. The van der Waals surface area contributed by atoms with E-state index in [9.17, 15) is 18.7 Å². The lowest BCUT2D eigenvalue weighted by Gasteiger charge is -2.31. The first-order chi connectivity index (χ1) is 9.93. The number of thiophene rings is 1. The fourth-order valence-corrected chi connectivity index (χ4v) is 3.29. The first-order valence-electron chi connectivity index (χ1n) is 6.19. The molecular formula is C14H12F2N2O2S. The largest absolute Gasteiger partial charge is 0.364 e. The van der Waals surface area contributed by atoms with E-state index in [4.69, 9.17) is 0 Å². The topological polar surface area (TPSA) is 52.6 Å². The summed E-state index contributed by atoms with van der Waals surface area (Å²) >= 11 is 1.34. The zero-order chi connectivity index (χ0) is 15.2. The monoisotopic (exact) mass is 310 g/mol. The lowest BCUT2D eigenvalue weighted by molar-refractivity contribution is -0.168. The van der Waals surface area contributed by atoms with Crippen molar-refractivity contribution in [3.63, 3.8) is 0 Å². The van der Waals surface area contributed by atoms with E-state index in [-0.39, 0.29) is 11.3 Å². The summed E-state index contributed by atoms with van der Waals surface area (Å²) in [4.78, 5) is 12.5. The summed E-state index contributed by atoms with van der Waals surface area (Å²) in [5.74, 6) is -0.700. The molecule has 110 valence electrons. The van der Waals surface area contributed by atoms with Crippen LogP contribution in [0.4, 0.5) is 8.78 Å². The Morgan fingerprint density at radius 1 is 1.48 bits per heavy atom. The van der Waals surface area contributed by atoms with E-state index in [1.54, 1.807) is 17.5 Å². The summed E-state index contributed by atoms with van der Waals surface area (Å²) in [7, 11) is 0. The number of amides is 1. The Morgan fingerprint density at radius 3 is 2.90 bits per heavy atom. The zero-order valence-electron chi connectivity index (χ0n) is 10.8. The number of nitrogens with zero attached hydrogens (tertiary/aromatic N) is 1. The quantitative estimate of drug-likeness (QED) is 0.897. The van der Waals surface area contributed by atoms with Crippen LogP contribution in [0, 0.1) is 0 Å². The Bertz CT molecular complexity index is 731. The van der Waals surface area contributed by atoms with Crippen LogP contribution < -0.4 is 5.43 Å². The van der Waals surface area contributed by atoms with Gasteiger partial charge in [-0.1, -0.05) is 24.8 Å². The highest BCUT2D eigenvalue weighted by Crippen LogP contribution is 2.35. The number of hydrazine groups is 1. The molecule has 2 N–H and O–H groups in total. The molecule has 0 aliphatic carbocycles. The van der Waals surface area contributed by atoms with Gasteiger partial charge in [-0.05, 0) is 6.07 Å². The third-order valence-corrected chi connectivity index (χ3v) is 4.36. The predicted octanol–water partition coefficient (Wildman–Crippen LogP) is 2.72. The van der Waals surface area contributed by atoms with Crippen molar-refractivity contribution in [1.29, 1.82) is 0 Å². The first kappa shape index (κ1) is 14.0. The van der Waals surface area contributed by atoms with Crippen LogP contribution in [-0.4, -0.2) is 28.2 Å². The number of rotatable bonds is 2. The Balaban J connectivity index is 2.03. The number of carbonyl (C=O) groups excluding carboxylic acids is 1. The lowest BCUT2D eigenvalue weighted by atomic mass is 10.1. The van der Waals surface area contributed by atoms with Crippen LogP contribution in [0.1, 0.15) is 16.8 Å². The number of nitrogens with one attached hydrogen (secondary N) is 1. The van der Waals surface area contributed by atoms with Crippen LogP contribution in [0.5, 0.6) is 0 Å². The Morgan fingerprint density at radius 2 is 2.19 bits per heavy atom. The van der Waals surface area contributed by atoms with Gasteiger partial charge >= 0.3 is 0 Å². The summed E-state index contributed by atoms with van der Waals surface area (Å²) < 4.78 is 27.2. The average Bonchev–Trinajstić information content (AvgIpc) is 3.00. The highest BCUT2D eigenvalue weighted by Gasteiger charge is 2.52. The Labute approximate surface area is 123 Å². The van der Waals surface area contributed by atoms with Crippen molar-refractivity contribution in [2.75, 3.05) is 0 Å². The molecule has 1 fully saturated rings. The van der Waals surface area contributed by atoms with Crippen molar-refractivity contribution in [1.82, 2.24) is 10.4 Å². The van der Waals surface area contributed by atoms with Crippen molar-refractivity contribution < 1.29 is 18.7 Å². The van der Waals surface area contributed by atoms with E-state index in [0.717, 1.165) is 4.70 Å². The number of hydrogen-bond donors (Lipinski definition) is 2. The second-order valence-electron chi connectivity index (χ2n) is 4.86. The number of aliphatic hydroxyl groups is 1. The molecule has 1 aliphatic heterocycles. The summed E-state index contributed by atoms with van der Waals surface area (Å²) in [6.45, 7) is 3.51. The Hall–Kier alpha value is -1.99. The van der Waals surface area contributed by atoms with Crippen molar-refractivity contribution in [3.8, 4) is 0 Å². The SMILES string of the molecule is C=C1CC(O)(C(F)F)N(C(=O)c2csc3ccccc23)N1. The van der Waals surface area contributed by atoms with Crippen LogP contribution in [0.15, 0.2) is 41.9 Å². The van der Waals surface area contributed by atoms with Gasteiger partial charge < -0.3 is 5.11 Å². The van der Waals surface area contributed by atoms with Crippen LogP contribution in [-0.2, 0) is 0 Å². The number of benzene rings is 1. The van der Waals surface area contributed by atoms with Gasteiger partial charge in [-0.25, -0.2) is 13.8 Å². The molecule has 1 atom stereocenters. The maximum atomic E-state index is 13.1. The van der Waals surface area contributed by atoms with Crippen molar-refractivity contribution in [2.45, 2.75) is 18.6 Å². The van der Waals surface area contributed by atoms with Crippen molar-refractivity contribution >= 4 is 27.3 Å². The molecule has 1 saturated heterocycles. The number of halogens is 2. The van der Waals surface area contributed by atoms with E-state index in [2.05, 4.69) is 12.0 Å². The smallest absolute Gasteiger partial charge is 0.287 e. The van der Waals surface area contributed by atoms with Crippen molar-refractivity contribution in [3.05, 3.63) is 47.5 Å². The average molecular weight is 310 g/mol. The molecule has 3 rings (SSSR count). The number of alkyl halides is 2. The second-order valence-corrected chi connectivity index (χ2v) is 5.77. The molecule has 1 aliphatic rings. The van der Waals surface area contributed by atoms with Crippen LogP contribution >= 0.6 is 11.3 Å². The van der Waals surface area contributed by atoms with Gasteiger partial charge in [0.2, 0.25) is 5.72 Å². The van der Waals surface area contributed by atoms with E-state index in [1.807, 2.05) is 12.1 Å². The molecular weight excluding hydrogens is 298 g/mol. The fraction of sp³-hybridized carbons (Fsp3) is 0.214. The fourth-order valence-electron chi connectivity index (χ4n) is 2.35. The molecule has 1 unspecified atom stereocenters. The van der Waals surface area contributed by atoms with Gasteiger partial charge in [0.05, 0.1) is 5.56 Å². The van der Waals surface area contributed by atoms with E-state index in [1.165, 1.54) is 11.3 Å². The summed E-state index contributed by atoms with van der Waals surface area (Å²) in [5.41, 5.74) is 0.317. The zero-order valence-corrected chi connectivity index (χ0v) is 11.7. The molecule has 0 radical (unpaired) electrons. The lowest BCUT2D eigenvalue weighted by Crippen LogP contribution is -2.55. The van der Waals surface area contributed by atoms with Gasteiger partial charge in [-0.2, -0.15) is 0 Å². The standard InChI is InChI=1S/C14H12F2N2O2S/c1-8-6-14(20,13(15)16)18(17-8)12(19)10-7-21-11-5-3-2-4-9(10)11/h2-5,7,13,17,20H,1,6H2. The third kappa shape index (κ3) is 2.09. The molecule has 2 heterocycles. The molecule has 2 aromatic rings. The molecule has 0 saturated carbocycles. The maximum Gasteiger partial charge on any atom is 0.287 e. The van der Waals surface area contributed by atoms with Crippen LogP contribution in [0.2, 0.25) is 0 Å². The highest BCUT2D eigenvalue weighted by atomic mass is 32.1. The molecule has 1 aromatic carbocycles. The number of carbonyl (C=O) groups is 1. The van der Waals surface area contributed by atoms with E-state index >= 15 is 0 Å². The number of fused-ring (bicyclic) bond motifs is 1. The molecule has 0 bridgehead atoms. The van der Waals surface area contributed by atoms with Gasteiger partial charge in [-0.3, -0.25) is 10.2 Å². The molecule has 1 aromatic heterocycles. The minimum Gasteiger partial charge on any atom is -0.364 e. The van der Waals surface area contributed by atoms with E-state index in [0.29, 0.717) is 10.4 Å². The predicted molar refractivity (Wildman–Crippen MR) is 75.8 cm³/mol. The second kappa shape index (κ2) is 4.78. The first-order valence-corrected chi connectivity index (χ1v) is 7.07. The van der Waals surface area contributed by atoms with Gasteiger partial charge in [0.25, 0.3) is 12.3 Å². The molecule has 7 heteroatoms. The summed E-state index contributed by atoms with van der Waals surface area (Å²) in [6.07, 6.45) is -3.50. The maximum absolute atomic E-state index is 13.1. The molecule has 0 spiro atoms. The van der Waals surface area contributed by atoms with E-state index < -0.39 is 24.5 Å². The highest BCUT2D eigenvalue weighted by molar-refractivity contribution is 7.17. The summed E-state index contributed by atoms with van der Waals surface area (Å²) in [5, 5.41) is 12.9. The molecule has 4 nitrogen and oxygen atoms in total. The number of hydrogen-bond acceptors (Lipinski definition) is 4. The minimum absolute atomic E-state index is 0.172. The van der Waals surface area contributed by atoms with Gasteiger partial charge in [0.1, 0.15) is 0 Å². The van der Waals surface area contributed by atoms with Crippen molar-refractivity contribution in [2.24, 2.45) is 0 Å². The van der Waals surface area contributed by atoms with Gasteiger partial charge in [0, 0.05) is 27.6 Å². The van der Waals surface area contributed by atoms with Gasteiger partial charge in [0.15, 0.2) is 0 Å². The summed E-state index contributed by atoms with van der Waals surface area (Å²) in [6, 6.07) is 7.18. The molecule has 21 heavy (non-hydrogen) atoms. The van der Waals surface area contributed by atoms with Crippen LogP contribution in [0.25, 0.3) is 10.1 Å². The molecule has 1 amide bonds. The van der Waals surface area contributed by atoms with Gasteiger partial charge in [-0.15, -0.1) is 11.3 Å². The Kier molecular flexibility index (Phi) is 3.18. The normalized spacial score (nSPS) is 22.1.